The van der Waals surface area contributed by atoms with Gasteiger partial charge in [-0.1, -0.05) is 181 Å². The molecule has 0 aromatic rings. The van der Waals surface area contributed by atoms with Crippen molar-refractivity contribution in [1.29, 1.82) is 0 Å². The molecule has 1 atom stereocenters. The van der Waals surface area contributed by atoms with Gasteiger partial charge in [0.25, 0.3) is 0 Å². The summed E-state index contributed by atoms with van der Waals surface area (Å²) >= 11 is 0. The molecule has 0 bridgehead atoms. The first-order valence-electron chi connectivity index (χ1n) is 20.0. The normalized spacial score (nSPS) is 11.8. The van der Waals surface area contributed by atoms with Crippen LogP contribution in [0.4, 0.5) is 0 Å². The van der Waals surface area contributed by atoms with E-state index < -0.39 is 6.10 Å². The van der Waals surface area contributed by atoms with E-state index in [0.717, 1.165) is 57.8 Å². The Bertz CT molecular complexity index is 679. The molecule has 6 heteroatoms. The summed E-state index contributed by atoms with van der Waals surface area (Å²) in [7, 11) is 0. The number of hydrogen-bond acceptors (Lipinski definition) is 6. The van der Waals surface area contributed by atoms with E-state index in [4.69, 9.17) is 14.2 Å². The highest BCUT2D eigenvalue weighted by atomic mass is 16.6. The third-order valence-electron chi connectivity index (χ3n) is 8.86. The summed E-state index contributed by atoms with van der Waals surface area (Å²) in [6.07, 6.45) is 33.8. The Hall–Kier alpha value is -1.59. The first-order valence-corrected chi connectivity index (χ1v) is 20.0. The van der Waals surface area contributed by atoms with Crippen molar-refractivity contribution in [3.05, 3.63) is 0 Å². The lowest BCUT2D eigenvalue weighted by atomic mass is 10.1. The van der Waals surface area contributed by atoms with Crippen LogP contribution in [0.5, 0.6) is 0 Å². The number of unbranched alkanes of at least 4 members (excludes halogenated alkanes) is 25. The zero-order chi connectivity index (χ0) is 33.8. The smallest absolute Gasteiger partial charge is 0.306 e. The number of hydrogen-bond donors (Lipinski definition) is 0. The minimum absolute atomic E-state index is 0.0642. The molecule has 0 heterocycles. The Morgan fingerprint density at radius 2 is 0.587 bits per heavy atom. The standard InChI is InChI=1S/C40H76O6/c1-4-7-10-13-16-18-20-22-25-28-31-34-40(43)46-37(35-44-38(41)32-29-26-23-15-12-9-6-3)36-45-39(42)33-30-27-24-21-19-17-14-11-8-5-2/h37H,4-36H2,1-3H3/t37-/m1/s1. The topological polar surface area (TPSA) is 78.9 Å². The predicted molar refractivity (Wildman–Crippen MR) is 192 cm³/mol. The van der Waals surface area contributed by atoms with Crippen LogP contribution in [0.2, 0.25) is 0 Å². The molecule has 46 heavy (non-hydrogen) atoms. The molecule has 0 spiro atoms. The summed E-state index contributed by atoms with van der Waals surface area (Å²) < 4.78 is 16.6. The highest BCUT2D eigenvalue weighted by Gasteiger charge is 2.19. The fourth-order valence-corrected chi connectivity index (χ4v) is 5.79. The third-order valence-corrected chi connectivity index (χ3v) is 8.86. The Balaban J connectivity index is 4.32. The van der Waals surface area contributed by atoms with E-state index in [1.807, 2.05) is 0 Å². The Kier molecular flexibility index (Phi) is 35.0. The maximum atomic E-state index is 12.6. The molecular formula is C40H76O6. The summed E-state index contributed by atoms with van der Waals surface area (Å²) in [5, 5.41) is 0. The minimum Gasteiger partial charge on any atom is -0.462 e. The average Bonchev–Trinajstić information content (AvgIpc) is 3.05. The number of carbonyl (C=O) groups is 3. The van der Waals surface area contributed by atoms with E-state index in [9.17, 15) is 14.4 Å². The van der Waals surface area contributed by atoms with Gasteiger partial charge in [-0.05, 0) is 19.3 Å². The third kappa shape index (κ3) is 33.8. The molecule has 0 fully saturated rings. The summed E-state index contributed by atoms with van der Waals surface area (Å²) in [6, 6.07) is 0. The fraction of sp³-hybridized carbons (Fsp3) is 0.925. The van der Waals surface area contributed by atoms with Crippen molar-refractivity contribution in [1.82, 2.24) is 0 Å². The molecule has 0 aliphatic carbocycles. The highest BCUT2D eigenvalue weighted by molar-refractivity contribution is 5.71. The van der Waals surface area contributed by atoms with E-state index >= 15 is 0 Å². The van der Waals surface area contributed by atoms with Crippen molar-refractivity contribution < 1.29 is 28.6 Å². The van der Waals surface area contributed by atoms with Crippen molar-refractivity contribution in [2.45, 2.75) is 226 Å². The van der Waals surface area contributed by atoms with E-state index in [0.29, 0.717) is 19.3 Å². The molecule has 0 rings (SSSR count). The predicted octanol–water partition coefficient (Wildman–Crippen LogP) is 12.1. The first-order chi connectivity index (χ1) is 22.5. The molecule has 0 N–H and O–H groups in total. The molecule has 0 radical (unpaired) electrons. The lowest BCUT2D eigenvalue weighted by molar-refractivity contribution is -0.167. The van der Waals surface area contributed by atoms with E-state index in [1.165, 1.54) is 122 Å². The summed E-state index contributed by atoms with van der Waals surface area (Å²) in [5.74, 6) is -0.869. The lowest BCUT2D eigenvalue weighted by Gasteiger charge is -2.18. The Labute approximate surface area is 285 Å². The zero-order valence-corrected chi connectivity index (χ0v) is 30.9. The van der Waals surface area contributed by atoms with Crippen molar-refractivity contribution in [2.75, 3.05) is 13.2 Å². The molecular weight excluding hydrogens is 576 g/mol. The van der Waals surface area contributed by atoms with Crippen LogP contribution < -0.4 is 0 Å². The molecule has 6 nitrogen and oxygen atoms in total. The second-order valence-electron chi connectivity index (χ2n) is 13.6. The summed E-state index contributed by atoms with van der Waals surface area (Å²) in [6.45, 7) is 6.57. The van der Waals surface area contributed by atoms with Gasteiger partial charge in [0, 0.05) is 19.3 Å². The average molecular weight is 653 g/mol. The van der Waals surface area contributed by atoms with Crippen LogP contribution in [-0.4, -0.2) is 37.2 Å². The van der Waals surface area contributed by atoms with Crippen molar-refractivity contribution in [3.8, 4) is 0 Å². The minimum atomic E-state index is -0.755. The van der Waals surface area contributed by atoms with Crippen LogP contribution >= 0.6 is 0 Å². The maximum absolute atomic E-state index is 12.6. The Morgan fingerprint density at radius 3 is 0.870 bits per heavy atom. The fourth-order valence-electron chi connectivity index (χ4n) is 5.79. The zero-order valence-electron chi connectivity index (χ0n) is 30.9. The van der Waals surface area contributed by atoms with E-state index in [-0.39, 0.29) is 31.1 Å². The monoisotopic (exact) mass is 653 g/mol. The number of esters is 3. The van der Waals surface area contributed by atoms with Crippen molar-refractivity contribution in [2.24, 2.45) is 0 Å². The molecule has 0 amide bonds. The second kappa shape index (κ2) is 36.2. The van der Waals surface area contributed by atoms with Crippen LogP contribution in [0.25, 0.3) is 0 Å². The van der Waals surface area contributed by atoms with Crippen molar-refractivity contribution in [3.63, 3.8) is 0 Å². The molecule has 0 aromatic heterocycles. The maximum Gasteiger partial charge on any atom is 0.306 e. The van der Waals surface area contributed by atoms with Gasteiger partial charge in [0.1, 0.15) is 13.2 Å². The molecule has 0 saturated carbocycles. The summed E-state index contributed by atoms with van der Waals surface area (Å²) in [4.78, 5) is 37.3. The number of rotatable bonds is 36. The second-order valence-corrected chi connectivity index (χ2v) is 13.6. The van der Waals surface area contributed by atoms with Gasteiger partial charge in [-0.2, -0.15) is 0 Å². The van der Waals surface area contributed by atoms with Gasteiger partial charge >= 0.3 is 17.9 Å². The molecule has 0 unspecified atom stereocenters. The molecule has 0 aliphatic rings. The van der Waals surface area contributed by atoms with Gasteiger partial charge in [-0.3, -0.25) is 14.4 Å². The molecule has 0 saturated heterocycles. The highest BCUT2D eigenvalue weighted by Crippen LogP contribution is 2.14. The molecule has 0 aliphatic heterocycles. The molecule has 0 aromatic carbocycles. The van der Waals surface area contributed by atoms with Crippen LogP contribution in [0.1, 0.15) is 220 Å². The van der Waals surface area contributed by atoms with Crippen LogP contribution in [0.15, 0.2) is 0 Å². The van der Waals surface area contributed by atoms with Crippen LogP contribution in [-0.2, 0) is 28.6 Å². The van der Waals surface area contributed by atoms with E-state index in [1.54, 1.807) is 0 Å². The summed E-state index contributed by atoms with van der Waals surface area (Å²) in [5.41, 5.74) is 0. The quantitative estimate of drug-likeness (QED) is 0.0381. The first kappa shape index (κ1) is 44.4. The van der Waals surface area contributed by atoms with Gasteiger partial charge in [-0.25, -0.2) is 0 Å². The van der Waals surface area contributed by atoms with Gasteiger partial charge in [0.2, 0.25) is 0 Å². The Morgan fingerprint density at radius 1 is 0.348 bits per heavy atom. The van der Waals surface area contributed by atoms with E-state index in [2.05, 4.69) is 20.8 Å². The van der Waals surface area contributed by atoms with Gasteiger partial charge in [-0.15, -0.1) is 0 Å². The number of ether oxygens (including phenoxy) is 3. The van der Waals surface area contributed by atoms with Gasteiger partial charge in [0.15, 0.2) is 6.10 Å². The van der Waals surface area contributed by atoms with Gasteiger partial charge in [0.05, 0.1) is 0 Å². The largest absolute Gasteiger partial charge is 0.462 e. The molecule has 272 valence electrons. The van der Waals surface area contributed by atoms with Crippen molar-refractivity contribution >= 4 is 17.9 Å². The van der Waals surface area contributed by atoms with Crippen LogP contribution in [0.3, 0.4) is 0 Å². The van der Waals surface area contributed by atoms with Crippen LogP contribution in [0, 0.1) is 0 Å². The lowest BCUT2D eigenvalue weighted by Crippen LogP contribution is -2.30. The number of carbonyl (C=O) groups excluding carboxylic acids is 3. The SMILES string of the molecule is CCCCCCCCCCCCCC(=O)O[C@H](COC(=O)CCCCCCCCC)COC(=O)CCCCCCCCCCCC. The van der Waals surface area contributed by atoms with Gasteiger partial charge < -0.3 is 14.2 Å².